The normalized spacial score (nSPS) is 20.5. The molecule has 2 unspecified atom stereocenters. The smallest absolute Gasteiger partial charge is 0.230 e. The Morgan fingerprint density at radius 2 is 1.93 bits per heavy atom. The number of hydrogen-bond donors (Lipinski definition) is 1. The zero-order valence-corrected chi connectivity index (χ0v) is 14.9. The Morgan fingerprint density at radius 1 is 1.07 bits per heavy atom. The predicted molar refractivity (Wildman–Crippen MR) is 103 cm³/mol. The number of nitrogens with zero attached hydrogens (tertiary/aromatic N) is 3. The van der Waals surface area contributed by atoms with E-state index in [9.17, 15) is 5.11 Å². The summed E-state index contributed by atoms with van der Waals surface area (Å²) in [5.74, 6) is 1.11. The quantitative estimate of drug-likeness (QED) is 0.741. The molecule has 2 aromatic carbocycles. The van der Waals surface area contributed by atoms with Gasteiger partial charge in [0.1, 0.15) is 17.2 Å². The Bertz CT molecular complexity index is 1030. The number of aromatic nitrogens is 1. The number of fused-ring (bicyclic) bond motifs is 3. The number of benzene rings is 2. The molecule has 2 atom stereocenters. The van der Waals surface area contributed by atoms with Crippen LogP contribution < -0.4 is 4.74 Å². The Kier molecular flexibility index (Phi) is 3.60. The van der Waals surface area contributed by atoms with Gasteiger partial charge >= 0.3 is 0 Å². The summed E-state index contributed by atoms with van der Waals surface area (Å²) in [6, 6.07) is 19.5. The van der Waals surface area contributed by atoms with Gasteiger partial charge in [0.25, 0.3) is 0 Å². The molecule has 0 spiro atoms. The summed E-state index contributed by atoms with van der Waals surface area (Å²) in [7, 11) is 0. The first-order chi connectivity index (χ1) is 13.2. The molecule has 0 saturated heterocycles. The van der Waals surface area contributed by atoms with Crippen LogP contribution in [-0.2, 0) is 0 Å². The van der Waals surface area contributed by atoms with Gasteiger partial charge in [-0.05, 0) is 37.3 Å². The van der Waals surface area contributed by atoms with E-state index in [1.807, 2.05) is 60.5 Å². The molecule has 1 N–H and O–H groups in total. The SMILES string of the molecule is Cc1ccc(O)c(C2=NN3C(C2)c2ccccc2OC3c2ccccn2)c1. The summed E-state index contributed by atoms with van der Waals surface area (Å²) in [4.78, 5) is 4.48. The predicted octanol–water partition coefficient (Wildman–Crippen LogP) is 4.34. The summed E-state index contributed by atoms with van der Waals surface area (Å²) in [5, 5.41) is 17.2. The fourth-order valence-electron chi connectivity index (χ4n) is 3.80. The highest BCUT2D eigenvalue weighted by Crippen LogP contribution is 2.47. The first-order valence-corrected chi connectivity index (χ1v) is 9.03. The molecule has 0 radical (unpaired) electrons. The van der Waals surface area contributed by atoms with Crippen LogP contribution >= 0.6 is 0 Å². The Balaban J connectivity index is 1.62. The van der Waals surface area contributed by atoms with Crippen LogP contribution in [0.4, 0.5) is 0 Å². The second-order valence-corrected chi connectivity index (χ2v) is 6.93. The van der Waals surface area contributed by atoms with Crippen molar-refractivity contribution in [3.8, 4) is 11.5 Å². The van der Waals surface area contributed by atoms with Gasteiger partial charge in [-0.3, -0.25) is 4.98 Å². The number of pyridine rings is 1. The maximum absolute atomic E-state index is 10.4. The minimum Gasteiger partial charge on any atom is -0.507 e. The molecule has 0 aliphatic carbocycles. The van der Waals surface area contributed by atoms with Crippen molar-refractivity contribution < 1.29 is 9.84 Å². The van der Waals surface area contributed by atoms with Crippen LogP contribution in [-0.4, -0.2) is 20.8 Å². The Hall–Kier alpha value is -3.34. The molecule has 0 amide bonds. The van der Waals surface area contributed by atoms with Gasteiger partial charge in [-0.1, -0.05) is 35.9 Å². The monoisotopic (exact) mass is 357 g/mol. The van der Waals surface area contributed by atoms with Crippen LogP contribution in [0.25, 0.3) is 0 Å². The van der Waals surface area contributed by atoms with Crippen molar-refractivity contribution in [1.82, 2.24) is 9.99 Å². The second kappa shape index (κ2) is 6.13. The van der Waals surface area contributed by atoms with Crippen LogP contribution in [0.3, 0.4) is 0 Å². The lowest BCUT2D eigenvalue weighted by molar-refractivity contribution is -0.0218. The maximum atomic E-state index is 10.4. The zero-order chi connectivity index (χ0) is 18.4. The minimum absolute atomic E-state index is 0.0527. The van der Waals surface area contributed by atoms with Crippen molar-refractivity contribution in [3.05, 3.63) is 89.2 Å². The van der Waals surface area contributed by atoms with Crippen molar-refractivity contribution in [2.24, 2.45) is 5.10 Å². The van der Waals surface area contributed by atoms with E-state index >= 15 is 0 Å². The third kappa shape index (κ3) is 2.63. The number of para-hydroxylation sites is 1. The third-order valence-corrected chi connectivity index (χ3v) is 5.10. The molecule has 2 aliphatic heterocycles. The first-order valence-electron chi connectivity index (χ1n) is 9.03. The fourth-order valence-corrected chi connectivity index (χ4v) is 3.80. The van der Waals surface area contributed by atoms with E-state index in [4.69, 9.17) is 9.84 Å². The fraction of sp³-hybridized carbons (Fsp3) is 0.182. The number of aromatic hydroxyl groups is 1. The van der Waals surface area contributed by atoms with Gasteiger partial charge in [0.15, 0.2) is 0 Å². The number of hydrazone groups is 1. The van der Waals surface area contributed by atoms with Crippen LogP contribution in [0, 0.1) is 6.92 Å². The minimum atomic E-state index is -0.393. The summed E-state index contributed by atoms with van der Waals surface area (Å²) in [6.45, 7) is 2.01. The van der Waals surface area contributed by atoms with E-state index in [1.165, 1.54) is 0 Å². The maximum Gasteiger partial charge on any atom is 0.230 e. The van der Waals surface area contributed by atoms with Gasteiger partial charge in [-0.15, -0.1) is 0 Å². The van der Waals surface area contributed by atoms with E-state index in [2.05, 4.69) is 11.1 Å². The first kappa shape index (κ1) is 15.9. The standard InChI is InChI=1S/C22H19N3O2/c1-14-9-10-20(26)16(12-14)18-13-19-15-6-2-3-8-21(15)27-22(25(19)24-18)17-7-4-5-11-23-17/h2-12,19,22,26H,13H2,1H3. The van der Waals surface area contributed by atoms with Gasteiger partial charge in [-0.2, -0.15) is 5.10 Å². The largest absolute Gasteiger partial charge is 0.507 e. The van der Waals surface area contributed by atoms with Crippen LogP contribution in [0.5, 0.6) is 11.5 Å². The van der Waals surface area contributed by atoms with E-state index in [0.717, 1.165) is 33.8 Å². The molecule has 3 heterocycles. The van der Waals surface area contributed by atoms with Crippen molar-refractivity contribution in [1.29, 1.82) is 0 Å². The summed E-state index contributed by atoms with van der Waals surface area (Å²) in [6.07, 6.45) is 2.08. The van der Waals surface area contributed by atoms with Gasteiger partial charge in [0, 0.05) is 23.7 Å². The summed E-state index contributed by atoms with van der Waals surface area (Å²) >= 11 is 0. The van der Waals surface area contributed by atoms with Gasteiger partial charge in [0.2, 0.25) is 6.23 Å². The van der Waals surface area contributed by atoms with Gasteiger partial charge < -0.3 is 9.84 Å². The average molecular weight is 357 g/mol. The van der Waals surface area contributed by atoms with Crippen molar-refractivity contribution in [2.45, 2.75) is 25.6 Å². The van der Waals surface area contributed by atoms with Crippen molar-refractivity contribution in [3.63, 3.8) is 0 Å². The molecule has 0 fully saturated rings. The van der Waals surface area contributed by atoms with Crippen LogP contribution in [0.1, 0.15) is 41.1 Å². The third-order valence-electron chi connectivity index (χ3n) is 5.10. The lowest BCUT2D eigenvalue weighted by atomic mass is 9.95. The number of phenolic OH excluding ortho intramolecular Hbond substituents is 1. The number of rotatable bonds is 2. The summed E-state index contributed by atoms with van der Waals surface area (Å²) < 4.78 is 6.26. The van der Waals surface area contributed by atoms with Crippen LogP contribution in [0.15, 0.2) is 72.0 Å². The average Bonchev–Trinajstić information content (AvgIpc) is 3.15. The highest BCUT2D eigenvalue weighted by Gasteiger charge is 2.41. The molecule has 3 aromatic rings. The van der Waals surface area contributed by atoms with Crippen LogP contribution in [0.2, 0.25) is 0 Å². The Morgan fingerprint density at radius 3 is 2.78 bits per heavy atom. The number of hydrogen-bond acceptors (Lipinski definition) is 5. The molecule has 27 heavy (non-hydrogen) atoms. The highest BCUT2D eigenvalue weighted by molar-refractivity contribution is 6.04. The molecule has 5 heteroatoms. The number of phenols is 1. The molecule has 5 nitrogen and oxygen atoms in total. The molecule has 0 bridgehead atoms. The number of ether oxygens (including phenoxy) is 1. The highest BCUT2D eigenvalue weighted by atomic mass is 16.5. The zero-order valence-electron chi connectivity index (χ0n) is 14.9. The molecule has 0 saturated carbocycles. The molecule has 1 aromatic heterocycles. The van der Waals surface area contributed by atoms with Crippen molar-refractivity contribution >= 4 is 5.71 Å². The molecular formula is C22H19N3O2. The van der Waals surface area contributed by atoms with E-state index in [1.54, 1.807) is 12.3 Å². The topological polar surface area (TPSA) is 58.0 Å². The van der Waals surface area contributed by atoms with E-state index < -0.39 is 6.23 Å². The lowest BCUT2D eigenvalue weighted by Crippen LogP contribution is -2.34. The molecule has 134 valence electrons. The number of aryl methyl sites for hydroxylation is 1. The Labute approximate surface area is 157 Å². The van der Waals surface area contributed by atoms with Gasteiger partial charge in [0.05, 0.1) is 11.8 Å². The second-order valence-electron chi connectivity index (χ2n) is 6.93. The molecule has 5 rings (SSSR count). The van der Waals surface area contributed by atoms with E-state index in [0.29, 0.717) is 6.42 Å². The molecular weight excluding hydrogens is 338 g/mol. The lowest BCUT2D eigenvalue weighted by Gasteiger charge is -2.37. The van der Waals surface area contributed by atoms with Gasteiger partial charge in [-0.25, -0.2) is 5.01 Å². The van der Waals surface area contributed by atoms with Crippen molar-refractivity contribution in [2.75, 3.05) is 0 Å². The van der Waals surface area contributed by atoms with E-state index in [-0.39, 0.29) is 11.8 Å². The molecule has 2 aliphatic rings. The summed E-state index contributed by atoms with van der Waals surface area (Å²) in [5.41, 5.74) is 4.66.